The first-order chi connectivity index (χ1) is 11.8. The number of halogens is 3. The van der Waals surface area contributed by atoms with Crippen molar-refractivity contribution in [3.8, 4) is 5.88 Å². The van der Waals surface area contributed by atoms with Crippen molar-refractivity contribution in [2.45, 2.75) is 24.7 Å². The lowest BCUT2D eigenvalue weighted by molar-refractivity contribution is -0.270. The van der Waals surface area contributed by atoms with Gasteiger partial charge < -0.3 is 19.9 Å². The first-order valence-electron chi connectivity index (χ1n) is 7.45. The predicted molar refractivity (Wildman–Crippen MR) is 82.3 cm³/mol. The van der Waals surface area contributed by atoms with Crippen LogP contribution in [0.1, 0.15) is 12.5 Å². The van der Waals surface area contributed by atoms with Crippen LogP contribution in [0.25, 0.3) is 10.9 Å². The van der Waals surface area contributed by atoms with E-state index in [2.05, 4.69) is 10.3 Å². The summed E-state index contributed by atoms with van der Waals surface area (Å²) in [4.78, 5) is 16.1. The molecule has 3 rings (SSSR count). The van der Waals surface area contributed by atoms with Crippen LogP contribution in [0.3, 0.4) is 0 Å². The van der Waals surface area contributed by atoms with Crippen molar-refractivity contribution in [3.63, 3.8) is 0 Å². The number of hydrogen-bond donors (Lipinski definition) is 2. The first-order valence-corrected chi connectivity index (χ1v) is 7.45. The van der Waals surface area contributed by atoms with Gasteiger partial charge in [0, 0.05) is 5.39 Å². The Hall–Kier alpha value is -2.55. The lowest BCUT2D eigenvalue weighted by atomic mass is 9.88. The fourth-order valence-corrected chi connectivity index (χ4v) is 2.99. The van der Waals surface area contributed by atoms with Gasteiger partial charge in [0.25, 0.3) is 0 Å². The summed E-state index contributed by atoms with van der Waals surface area (Å²) in [6.07, 6.45) is -5.17. The Balaban J connectivity index is 2.33. The number of ether oxygens (including phenoxy) is 2. The van der Waals surface area contributed by atoms with E-state index in [-0.39, 0.29) is 12.3 Å². The van der Waals surface area contributed by atoms with Crippen molar-refractivity contribution in [1.82, 2.24) is 4.98 Å². The van der Waals surface area contributed by atoms with Gasteiger partial charge in [-0.3, -0.25) is 0 Å². The number of carbonyl (C=O) groups excluding carboxylic acids is 1. The second-order valence-corrected chi connectivity index (χ2v) is 5.48. The van der Waals surface area contributed by atoms with Crippen molar-refractivity contribution in [2.24, 2.45) is 0 Å². The van der Waals surface area contributed by atoms with E-state index in [4.69, 9.17) is 9.47 Å². The fraction of sp³-hybridized carbons (Fsp3) is 0.375. The molecule has 0 amide bonds. The molecular formula is C16H15F3N2O4. The molecule has 134 valence electrons. The molecular weight excluding hydrogens is 341 g/mol. The Morgan fingerprint density at radius 2 is 2.08 bits per heavy atom. The van der Waals surface area contributed by atoms with Crippen LogP contribution in [-0.2, 0) is 15.1 Å². The summed E-state index contributed by atoms with van der Waals surface area (Å²) >= 11 is 0. The Morgan fingerprint density at radius 1 is 1.40 bits per heavy atom. The molecule has 1 aromatic carbocycles. The number of anilines is 1. The van der Waals surface area contributed by atoms with E-state index in [0.29, 0.717) is 10.9 Å². The molecule has 0 fully saturated rings. The zero-order valence-corrected chi connectivity index (χ0v) is 13.3. The molecule has 9 heteroatoms. The largest absolute Gasteiger partial charge is 0.481 e. The number of methoxy groups -OCH3 is 1. The predicted octanol–water partition coefficient (Wildman–Crippen LogP) is 2.35. The number of nitrogens with zero attached hydrogens (tertiary/aromatic N) is 1. The van der Waals surface area contributed by atoms with Crippen LogP contribution in [0.2, 0.25) is 0 Å². The van der Waals surface area contributed by atoms with Crippen molar-refractivity contribution >= 4 is 22.6 Å². The maximum absolute atomic E-state index is 13.8. The van der Waals surface area contributed by atoms with E-state index in [1.807, 2.05) is 0 Å². The van der Waals surface area contributed by atoms with E-state index in [1.165, 1.54) is 13.0 Å². The van der Waals surface area contributed by atoms with E-state index in [0.717, 1.165) is 7.11 Å². The summed E-state index contributed by atoms with van der Waals surface area (Å²) in [7, 11) is 1.14. The van der Waals surface area contributed by atoms with Gasteiger partial charge in [0.05, 0.1) is 30.5 Å². The van der Waals surface area contributed by atoms with E-state index in [1.54, 1.807) is 18.2 Å². The number of aliphatic hydroxyl groups is 1. The summed E-state index contributed by atoms with van der Waals surface area (Å²) in [6, 6.07) is 4.34. The molecule has 6 nitrogen and oxygen atoms in total. The second-order valence-electron chi connectivity index (χ2n) is 5.48. The van der Waals surface area contributed by atoms with Crippen molar-refractivity contribution in [3.05, 3.63) is 29.8 Å². The third-order valence-corrected chi connectivity index (χ3v) is 4.09. The molecule has 0 bridgehead atoms. The SMILES string of the molecule is CCOC(=O)C1Nc2c(c(OC)nc3ccccc23)C1(O)C(F)(F)F. The fourth-order valence-electron chi connectivity index (χ4n) is 2.99. The highest BCUT2D eigenvalue weighted by atomic mass is 19.4. The number of para-hydroxylation sites is 1. The lowest BCUT2D eigenvalue weighted by Crippen LogP contribution is -2.54. The van der Waals surface area contributed by atoms with Crippen molar-refractivity contribution in [2.75, 3.05) is 19.0 Å². The number of rotatable bonds is 3. The molecule has 1 aliphatic rings. The van der Waals surface area contributed by atoms with Gasteiger partial charge in [0.2, 0.25) is 11.5 Å². The van der Waals surface area contributed by atoms with Crippen LogP contribution in [0.15, 0.2) is 24.3 Å². The zero-order valence-electron chi connectivity index (χ0n) is 13.3. The zero-order chi connectivity index (χ0) is 18.4. The highest BCUT2D eigenvalue weighted by Gasteiger charge is 2.68. The number of hydrogen-bond acceptors (Lipinski definition) is 6. The number of carbonyl (C=O) groups is 1. The van der Waals surface area contributed by atoms with Crippen LogP contribution >= 0.6 is 0 Å². The third-order valence-electron chi connectivity index (χ3n) is 4.09. The van der Waals surface area contributed by atoms with E-state index in [9.17, 15) is 23.1 Å². The number of pyridine rings is 1. The van der Waals surface area contributed by atoms with Crippen LogP contribution < -0.4 is 10.1 Å². The van der Waals surface area contributed by atoms with E-state index < -0.39 is 35.2 Å². The Bertz CT molecular complexity index is 840. The summed E-state index contributed by atoms with van der Waals surface area (Å²) < 4.78 is 51.1. The average molecular weight is 356 g/mol. The topological polar surface area (TPSA) is 80.7 Å². The minimum Gasteiger partial charge on any atom is -0.481 e. The number of nitrogens with one attached hydrogen (secondary N) is 1. The van der Waals surface area contributed by atoms with Gasteiger partial charge in [-0.15, -0.1) is 0 Å². The summed E-state index contributed by atoms with van der Waals surface area (Å²) in [5.41, 5.74) is -3.85. The molecule has 2 aromatic rings. The van der Waals surface area contributed by atoms with Crippen LogP contribution in [0.5, 0.6) is 5.88 Å². The van der Waals surface area contributed by atoms with Gasteiger partial charge in [-0.1, -0.05) is 18.2 Å². The molecule has 2 unspecified atom stereocenters. The number of benzene rings is 1. The number of aromatic nitrogens is 1. The van der Waals surface area contributed by atoms with Gasteiger partial charge in [-0.2, -0.15) is 13.2 Å². The smallest absolute Gasteiger partial charge is 0.424 e. The normalized spacial score (nSPS) is 22.4. The third kappa shape index (κ3) is 2.38. The summed E-state index contributed by atoms with van der Waals surface area (Å²) in [5.74, 6) is -1.63. The Labute approximate surface area is 140 Å². The minimum absolute atomic E-state index is 0.0553. The maximum atomic E-state index is 13.8. The van der Waals surface area contributed by atoms with Gasteiger partial charge in [0.1, 0.15) is 0 Å². The quantitative estimate of drug-likeness (QED) is 0.822. The first kappa shape index (κ1) is 17.3. The van der Waals surface area contributed by atoms with Gasteiger partial charge >= 0.3 is 12.1 Å². The molecule has 2 N–H and O–H groups in total. The molecule has 0 radical (unpaired) electrons. The molecule has 0 saturated carbocycles. The van der Waals surface area contributed by atoms with Crippen LogP contribution in [-0.4, -0.2) is 42.0 Å². The molecule has 0 aliphatic carbocycles. The van der Waals surface area contributed by atoms with Gasteiger partial charge in [0.15, 0.2) is 6.04 Å². The molecule has 2 atom stereocenters. The Kier molecular flexibility index (Phi) is 3.98. The van der Waals surface area contributed by atoms with Gasteiger partial charge in [-0.25, -0.2) is 9.78 Å². The minimum atomic E-state index is -5.17. The molecule has 1 aliphatic heterocycles. The van der Waals surface area contributed by atoms with E-state index >= 15 is 0 Å². The standard InChI is InChI=1S/C16H15F3N2O4/c1-3-25-14(22)12-15(23,16(17,18)19)10-11(21-12)8-6-4-5-7-9(8)20-13(10)24-2/h4-7,12,21,23H,3H2,1-2H3. The van der Waals surface area contributed by atoms with Crippen LogP contribution in [0, 0.1) is 0 Å². The number of fused-ring (bicyclic) bond motifs is 3. The maximum Gasteiger partial charge on any atom is 0.424 e. The molecule has 0 saturated heterocycles. The molecule has 0 spiro atoms. The lowest BCUT2D eigenvalue weighted by Gasteiger charge is -2.31. The average Bonchev–Trinajstić information content (AvgIpc) is 2.89. The Morgan fingerprint density at radius 3 is 2.68 bits per heavy atom. The van der Waals surface area contributed by atoms with Crippen molar-refractivity contribution in [1.29, 1.82) is 0 Å². The number of esters is 1. The summed E-state index contributed by atoms with van der Waals surface area (Å²) in [5, 5.41) is 13.4. The highest BCUT2D eigenvalue weighted by Crippen LogP contribution is 2.54. The monoisotopic (exact) mass is 356 g/mol. The second kappa shape index (κ2) is 5.76. The van der Waals surface area contributed by atoms with Gasteiger partial charge in [-0.05, 0) is 13.0 Å². The van der Waals surface area contributed by atoms with Crippen LogP contribution in [0.4, 0.5) is 18.9 Å². The van der Waals surface area contributed by atoms with Crippen molar-refractivity contribution < 1.29 is 32.5 Å². The highest BCUT2D eigenvalue weighted by molar-refractivity contribution is 5.99. The molecule has 1 aromatic heterocycles. The molecule has 2 heterocycles. The number of alkyl halides is 3. The summed E-state index contributed by atoms with van der Waals surface area (Å²) in [6.45, 7) is 1.33. The molecule has 25 heavy (non-hydrogen) atoms.